The van der Waals surface area contributed by atoms with Gasteiger partial charge < -0.3 is 10.2 Å². The largest absolute Gasteiger partial charge is 0.341 e. The molecule has 3 heteroatoms. The number of fused-ring (bicyclic) bond motifs is 1. The Bertz CT molecular complexity index is 228. The van der Waals surface area contributed by atoms with E-state index in [0.29, 0.717) is 11.9 Å². The summed E-state index contributed by atoms with van der Waals surface area (Å²) in [6, 6.07) is 0.587. The average molecular weight is 224 g/mol. The first-order valence-electron chi connectivity index (χ1n) is 6.82. The Morgan fingerprint density at radius 3 is 3.00 bits per heavy atom. The van der Waals surface area contributed by atoms with Crippen LogP contribution in [0.2, 0.25) is 0 Å². The van der Waals surface area contributed by atoms with Crippen molar-refractivity contribution in [3.05, 3.63) is 0 Å². The smallest absolute Gasteiger partial charge is 0.222 e. The quantitative estimate of drug-likeness (QED) is 0.738. The molecule has 2 aliphatic rings. The molecule has 1 amide bonds. The van der Waals surface area contributed by atoms with Crippen molar-refractivity contribution in [1.29, 1.82) is 0 Å². The lowest BCUT2D eigenvalue weighted by atomic mass is 9.94. The molecule has 0 saturated carbocycles. The van der Waals surface area contributed by atoms with Gasteiger partial charge >= 0.3 is 0 Å². The number of nitrogens with zero attached hydrogens (tertiary/aromatic N) is 1. The highest BCUT2D eigenvalue weighted by molar-refractivity contribution is 5.76. The summed E-state index contributed by atoms with van der Waals surface area (Å²) in [5, 5.41) is 3.54. The number of rotatable bonds is 4. The topological polar surface area (TPSA) is 32.3 Å². The Morgan fingerprint density at radius 2 is 2.25 bits per heavy atom. The van der Waals surface area contributed by atoms with Crippen molar-refractivity contribution in [2.45, 2.75) is 51.5 Å². The fourth-order valence-electron chi connectivity index (χ4n) is 2.93. The first-order chi connectivity index (χ1) is 7.81. The van der Waals surface area contributed by atoms with Crippen LogP contribution in [0.25, 0.3) is 0 Å². The molecule has 2 heterocycles. The molecule has 2 fully saturated rings. The van der Waals surface area contributed by atoms with Crippen LogP contribution in [0.1, 0.15) is 45.4 Å². The van der Waals surface area contributed by atoms with E-state index >= 15 is 0 Å². The number of nitrogens with one attached hydrogen (secondary N) is 1. The molecule has 92 valence electrons. The van der Waals surface area contributed by atoms with Crippen molar-refractivity contribution in [2.75, 3.05) is 19.6 Å². The van der Waals surface area contributed by atoms with E-state index in [1.807, 2.05) is 0 Å². The van der Waals surface area contributed by atoms with E-state index in [9.17, 15) is 4.79 Å². The maximum atomic E-state index is 12.0. The van der Waals surface area contributed by atoms with Crippen LogP contribution < -0.4 is 5.32 Å². The summed E-state index contributed by atoms with van der Waals surface area (Å²) in [6.07, 6.45) is 6.78. The minimum Gasteiger partial charge on any atom is -0.341 e. The van der Waals surface area contributed by atoms with Crippen LogP contribution in [0, 0.1) is 5.92 Å². The van der Waals surface area contributed by atoms with Gasteiger partial charge in [0.2, 0.25) is 5.91 Å². The Morgan fingerprint density at radius 1 is 1.38 bits per heavy atom. The Balaban J connectivity index is 1.76. The van der Waals surface area contributed by atoms with E-state index in [0.717, 1.165) is 38.4 Å². The highest BCUT2D eigenvalue weighted by Gasteiger charge is 2.35. The predicted molar refractivity (Wildman–Crippen MR) is 65.2 cm³/mol. The zero-order chi connectivity index (χ0) is 11.4. The van der Waals surface area contributed by atoms with Gasteiger partial charge in [-0.3, -0.25) is 4.79 Å². The molecule has 1 N–H and O–H groups in total. The van der Waals surface area contributed by atoms with Gasteiger partial charge in [-0.2, -0.15) is 0 Å². The van der Waals surface area contributed by atoms with Crippen molar-refractivity contribution < 1.29 is 4.79 Å². The Kier molecular flexibility index (Phi) is 4.22. The van der Waals surface area contributed by atoms with Crippen LogP contribution in [0.5, 0.6) is 0 Å². The molecular formula is C13H24N2O. The summed E-state index contributed by atoms with van der Waals surface area (Å²) in [7, 11) is 0. The van der Waals surface area contributed by atoms with Gasteiger partial charge in [-0.15, -0.1) is 0 Å². The number of piperidine rings is 1. The molecule has 2 aliphatic heterocycles. The van der Waals surface area contributed by atoms with Gasteiger partial charge in [-0.25, -0.2) is 0 Å². The van der Waals surface area contributed by atoms with E-state index in [2.05, 4.69) is 17.1 Å². The average Bonchev–Trinajstić information content (AvgIpc) is 2.73. The summed E-state index contributed by atoms with van der Waals surface area (Å²) >= 11 is 0. The molecule has 2 rings (SSSR count). The summed E-state index contributed by atoms with van der Waals surface area (Å²) in [4.78, 5) is 14.0. The third-order valence-corrected chi connectivity index (χ3v) is 3.95. The summed E-state index contributed by atoms with van der Waals surface area (Å²) in [6.45, 7) is 5.27. The maximum absolute atomic E-state index is 12.0. The van der Waals surface area contributed by atoms with Gasteiger partial charge in [-0.05, 0) is 31.7 Å². The number of unbranched alkanes of at least 4 members (excludes halogenated alkanes) is 2. The molecule has 0 unspecified atom stereocenters. The number of hydrogen-bond donors (Lipinski definition) is 1. The van der Waals surface area contributed by atoms with E-state index in [4.69, 9.17) is 0 Å². The van der Waals surface area contributed by atoms with E-state index < -0.39 is 0 Å². The first-order valence-corrected chi connectivity index (χ1v) is 6.82. The molecule has 0 spiro atoms. The number of hydrogen-bond acceptors (Lipinski definition) is 2. The highest BCUT2D eigenvalue weighted by atomic mass is 16.2. The van der Waals surface area contributed by atoms with Crippen LogP contribution in [0.15, 0.2) is 0 Å². The van der Waals surface area contributed by atoms with Crippen molar-refractivity contribution in [1.82, 2.24) is 10.2 Å². The van der Waals surface area contributed by atoms with Crippen LogP contribution in [-0.4, -0.2) is 36.5 Å². The third-order valence-electron chi connectivity index (χ3n) is 3.95. The monoisotopic (exact) mass is 224 g/mol. The molecule has 16 heavy (non-hydrogen) atoms. The third kappa shape index (κ3) is 2.76. The van der Waals surface area contributed by atoms with Gasteiger partial charge in [0.1, 0.15) is 0 Å². The lowest BCUT2D eigenvalue weighted by molar-refractivity contribution is -0.130. The zero-order valence-corrected chi connectivity index (χ0v) is 10.4. The number of amides is 1. The molecule has 2 saturated heterocycles. The van der Waals surface area contributed by atoms with Crippen molar-refractivity contribution in [2.24, 2.45) is 5.92 Å². The van der Waals surface area contributed by atoms with Crippen LogP contribution >= 0.6 is 0 Å². The van der Waals surface area contributed by atoms with E-state index in [1.165, 1.54) is 25.7 Å². The van der Waals surface area contributed by atoms with E-state index in [-0.39, 0.29) is 0 Å². The minimum atomic E-state index is 0.379. The maximum Gasteiger partial charge on any atom is 0.222 e. The normalized spacial score (nSPS) is 29.2. The van der Waals surface area contributed by atoms with Crippen molar-refractivity contribution >= 4 is 5.91 Å². The molecule has 0 aliphatic carbocycles. The predicted octanol–water partition coefficient (Wildman–Crippen LogP) is 1.78. The second-order valence-electron chi connectivity index (χ2n) is 5.22. The molecular weight excluding hydrogens is 200 g/mol. The number of carbonyl (C=O) groups excluding carboxylic acids is 1. The van der Waals surface area contributed by atoms with Crippen LogP contribution in [0.3, 0.4) is 0 Å². The van der Waals surface area contributed by atoms with Gasteiger partial charge in [0, 0.05) is 25.6 Å². The van der Waals surface area contributed by atoms with Crippen molar-refractivity contribution in [3.63, 3.8) is 0 Å². The SMILES string of the molecule is CCCCCC(=O)N1C[C@@H]2CCCN[C@@H]2C1. The zero-order valence-electron chi connectivity index (χ0n) is 10.4. The number of carbonyl (C=O) groups is 1. The second-order valence-corrected chi connectivity index (χ2v) is 5.22. The van der Waals surface area contributed by atoms with Gasteiger partial charge in [0.05, 0.1) is 0 Å². The lowest BCUT2D eigenvalue weighted by Gasteiger charge is -2.24. The molecule has 0 aromatic heterocycles. The molecule has 3 nitrogen and oxygen atoms in total. The van der Waals surface area contributed by atoms with Gasteiger partial charge in [0.25, 0.3) is 0 Å². The fraction of sp³-hybridized carbons (Fsp3) is 0.923. The van der Waals surface area contributed by atoms with Crippen molar-refractivity contribution in [3.8, 4) is 0 Å². The highest BCUT2D eigenvalue weighted by Crippen LogP contribution is 2.25. The minimum absolute atomic E-state index is 0.379. The summed E-state index contributed by atoms with van der Waals surface area (Å²) in [5.74, 6) is 1.11. The standard InChI is InChI=1S/C13H24N2O/c1-2-3-4-7-13(16)15-9-11-6-5-8-14-12(11)10-15/h11-12,14H,2-10H2,1H3/t11-,12+/m0/s1. The molecule has 0 aromatic carbocycles. The number of likely N-dealkylation sites (tertiary alicyclic amines) is 1. The molecule has 2 atom stereocenters. The molecule has 0 aromatic rings. The molecule has 0 radical (unpaired) electrons. The summed E-state index contributed by atoms with van der Waals surface area (Å²) in [5.41, 5.74) is 0. The first kappa shape index (κ1) is 11.9. The van der Waals surface area contributed by atoms with E-state index in [1.54, 1.807) is 0 Å². The Labute approximate surface area is 98.6 Å². The Hall–Kier alpha value is -0.570. The summed E-state index contributed by atoms with van der Waals surface area (Å²) < 4.78 is 0. The second kappa shape index (κ2) is 5.67. The van der Waals surface area contributed by atoms with Crippen LogP contribution in [-0.2, 0) is 4.79 Å². The molecule has 0 bridgehead atoms. The lowest BCUT2D eigenvalue weighted by Crippen LogP contribution is -2.41. The van der Waals surface area contributed by atoms with Crippen LogP contribution in [0.4, 0.5) is 0 Å². The van der Waals surface area contributed by atoms with Gasteiger partial charge in [-0.1, -0.05) is 19.8 Å². The fourth-order valence-corrected chi connectivity index (χ4v) is 2.93. The van der Waals surface area contributed by atoms with Gasteiger partial charge in [0.15, 0.2) is 0 Å².